The van der Waals surface area contributed by atoms with E-state index in [0.717, 1.165) is 25.5 Å². The van der Waals surface area contributed by atoms with Crippen LogP contribution in [0.3, 0.4) is 0 Å². The Kier molecular flexibility index (Phi) is 4.40. The van der Waals surface area contributed by atoms with Crippen LogP contribution in [0.4, 0.5) is 17.6 Å². The maximum atomic E-state index is 14.0. The van der Waals surface area contributed by atoms with E-state index >= 15 is 0 Å². The van der Waals surface area contributed by atoms with Crippen molar-refractivity contribution in [2.45, 2.75) is 0 Å². The highest BCUT2D eigenvalue weighted by Crippen LogP contribution is 2.17. The molecule has 0 spiro atoms. The minimum absolute atomic E-state index is 0.124. The highest BCUT2D eigenvalue weighted by Gasteiger charge is 2.20. The van der Waals surface area contributed by atoms with Crippen molar-refractivity contribution in [3.8, 4) is 11.5 Å². The molecule has 1 radical (unpaired) electrons. The molecule has 0 aliphatic carbocycles. The average molecular weight is 297 g/mol. The van der Waals surface area contributed by atoms with Gasteiger partial charge in [-0.3, -0.25) is 0 Å². The molecule has 0 amide bonds. The van der Waals surface area contributed by atoms with Gasteiger partial charge in [0.25, 0.3) is 0 Å². The summed E-state index contributed by atoms with van der Waals surface area (Å²) in [5.41, 5.74) is -0.598. The third kappa shape index (κ3) is 2.96. The van der Waals surface area contributed by atoms with Crippen molar-refractivity contribution in [3.05, 3.63) is 47.5 Å². The minimum atomic E-state index is -0.968. The van der Waals surface area contributed by atoms with Crippen LogP contribution in [0, 0.1) is 23.3 Å². The molecule has 109 valence electrons. The molecule has 0 aliphatic rings. The Labute approximate surface area is 119 Å². The summed E-state index contributed by atoms with van der Waals surface area (Å²) in [4.78, 5) is 0. The highest BCUT2D eigenvalue weighted by atomic mass is 19.1. The van der Waals surface area contributed by atoms with Crippen LogP contribution >= 0.6 is 0 Å². The standard InChI is InChI=1S/C14H10BF4O2/c1-20-11-4-3-9(17)12(13(11)19)15-8-5-7(16)6-10(18)14(8)21-2/h3-6H,1-2H3. The normalized spacial score (nSPS) is 10.4. The zero-order valence-electron chi connectivity index (χ0n) is 11.2. The van der Waals surface area contributed by atoms with E-state index < -0.39 is 28.7 Å². The van der Waals surface area contributed by atoms with E-state index in [9.17, 15) is 17.6 Å². The van der Waals surface area contributed by atoms with Crippen LogP contribution in [0.25, 0.3) is 0 Å². The summed E-state index contributed by atoms with van der Waals surface area (Å²) in [6.45, 7) is 0. The Morgan fingerprint density at radius 2 is 1.62 bits per heavy atom. The van der Waals surface area contributed by atoms with Gasteiger partial charge in [0.2, 0.25) is 7.28 Å². The van der Waals surface area contributed by atoms with Gasteiger partial charge in [0, 0.05) is 6.07 Å². The van der Waals surface area contributed by atoms with Crippen LogP contribution in [0.1, 0.15) is 0 Å². The SMILES string of the molecule is COc1ccc(F)c([B]c2cc(F)cc(F)c2OC)c1F. The molecule has 21 heavy (non-hydrogen) atoms. The fourth-order valence-corrected chi connectivity index (χ4v) is 1.90. The Morgan fingerprint density at radius 1 is 0.905 bits per heavy atom. The zero-order chi connectivity index (χ0) is 15.6. The first-order chi connectivity index (χ1) is 9.97. The molecule has 0 fully saturated rings. The van der Waals surface area contributed by atoms with Gasteiger partial charge < -0.3 is 9.47 Å². The summed E-state index contributed by atoms with van der Waals surface area (Å²) in [7, 11) is 3.35. The Balaban J connectivity index is 2.53. The lowest BCUT2D eigenvalue weighted by atomic mass is 9.63. The van der Waals surface area contributed by atoms with Gasteiger partial charge in [-0.1, -0.05) is 0 Å². The molecule has 0 unspecified atom stereocenters. The predicted octanol–water partition coefficient (Wildman–Crippen LogP) is 1.92. The first-order valence-corrected chi connectivity index (χ1v) is 5.87. The van der Waals surface area contributed by atoms with Crippen LogP contribution in [0.15, 0.2) is 24.3 Å². The molecule has 2 nitrogen and oxygen atoms in total. The summed E-state index contributed by atoms with van der Waals surface area (Å²) in [6.07, 6.45) is 0. The summed E-state index contributed by atoms with van der Waals surface area (Å²) in [5.74, 6) is -4.20. The van der Waals surface area contributed by atoms with Gasteiger partial charge in [0.15, 0.2) is 17.4 Å². The highest BCUT2D eigenvalue weighted by molar-refractivity contribution is 6.68. The molecule has 0 atom stereocenters. The van der Waals surface area contributed by atoms with Crippen molar-refractivity contribution in [3.63, 3.8) is 0 Å². The monoisotopic (exact) mass is 297 g/mol. The van der Waals surface area contributed by atoms with Gasteiger partial charge in [-0.25, -0.2) is 17.6 Å². The number of halogens is 4. The Hall–Kier alpha value is -2.18. The lowest BCUT2D eigenvalue weighted by Gasteiger charge is -2.12. The van der Waals surface area contributed by atoms with Crippen molar-refractivity contribution in [2.24, 2.45) is 0 Å². The first-order valence-electron chi connectivity index (χ1n) is 5.87. The first kappa shape index (κ1) is 15.2. The second-order valence-corrected chi connectivity index (χ2v) is 4.13. The van der Waals surface area contributed by atoms with Gasteiger partial charge in [-0.05, 0) is 29.1 Å². The fourth-order valence-electron chi connectivity index (χ4n) is 1.90. The van der Waals surface area contributed by atoms with E-state index in [-0.39, 0.29) is 17.0 Å². The largest absolute Gasteiger partial charge is 0.494 e. The smallest absolute Gasteiger partial charge is 0.204 e. The number of hydrogen-bond donors (Lipinski definition) is 0. The summed E-state index contributed by atoms with van der Waals surface area (Å²) < 4.78 is 64.1. The van der Waals surface area contributed by atoms with E-state index in [2.05, 4.69) is 0 Å². The molecule has 0 aromatic heterocycles. The molecule has 0 saturated carbocycles. The minimum Gasteiger partial charge on any atom is -0.494 e. The molecule has 0 heterocycles. The number of rotatable bonds is 4. The van der Waals surface area contributed by atoms with Gasteiger partial charge in [0.05, 0.1) is 14.2 Å². The van der Waals surface area contributed by atoms with Crippen LogP contribution < -0.4 is 20.4 Å². The van der Waals surface area contributed by atoms with Crippen molar-refractivity contribution >= 4 is 18.2 Å². The predicted molar refractivity (Wildman–Crippen MR) is 70.8 cm³/mol. The van der Waals surface area contributed by atoms with E-state index in [1.807, 2.05) is 0 Å². The zero-order valence-corrected chi connectivity index (χ0v) is 11.2. The summed E-state index contributed by atoms with van der Waals surface area (Å²) in [5, 5.41) is 0. The van der Waals surface area contributed by atoms with Gasteiger partial charge >= 0.3 is 0 Å². The third-order valence-electron chi connectivity index (χ3n) is 2.85. The number of hydrogen-bond acceptors (Lipinski definition) is 2. The molecule has 2 aromatic carbocycles. The van der Waals surface area contributed by atoms with Crippen molar-refractivity contribution in [1.82, 2.24) is 0 Å². The lowest BCUT2D eigenvalue weighted by molar-refractivity contribution is 0.386. The Bertz CT molecular complexity index is 677. The Morgan fingerprint density at radius 3 is 2.24 bits per heavy atom. The second-order valence-electron chi connectivity index (χ2n) is 4.13. The summed E-state index contributed by atoms with van der Waals surface area (Å²) in [6, 6.07) is 3.65. The van der Waals surface area contributed by atoms with Crippen molar-refractivity contribution in [2.75, 3.05) is 14.2 Å². The lowest BCUT2D eigenvalue weighted by Crippen LogP contribution is -2.34. The third-order valence-corrected chi connectivity index (χ3v) is 2.85. The second kappa shape index (κ2) is 6.07. The van der Waals surface area contributed by atoms with E-state index in [0.29, 0.717) is 6.07 Å². The number of methoxy groups -OCH3 is 2. The van der Waals surface area contributed by atoms with Gasteiger partial charge in [-0.15, -0.1) is 0 Å². The molecular formula is C14H10BF4O2. The molecule has 0 bridgehead atoms. The van der Waals surface area contributed by atoms with Crippen LogP contribution in [0.2, 0.25) is 0 Å². The number of ether oxygens (including phenoxy) is 2. The quantitative estimate of drug-likeness (QED) is 0.634. The van der Waals surface area contributed by atoms with Crippen LogP contribution in [-0.4, -0.2) is 21.5 Å². The fraction of sp³-hybridized carbons (Fsp3) is 0.143. The maximum Gasteiger partial charge on any atom is 0.204 e. The topological polar surface area (TPSA) is 18.5 Å². The molecule has 2 aromatic rings. The molecule has 7 heteroatoms. The van der Waals surface area contributed by atoms with E-state index in [1.54, 1.807) is 0 Å². The summed E-state index contributed by atoms with van der Waals surface area (Å²) >= 11 is 0. The van der Waals surface area contributed by atoms with Gasteiger partial charge in [-0.2, -0.15) is 0 Å². The van der Waals surface area contributed by atoms with E-state index in [1.165, 1.54) is 14.2 Å². The molecule has 0 N–H and O–H groups in total. The average Bonchev–Trinajstić information content (AvgIpc) is 2.43. The number of benzene rings is 2. The molecule has 2 rings (SSSR count). The van der Waals surface area contributed by atoms with Crippen molar-refractivity contribution in [1.29, 1.82) is 0 Å². The van der Waals surface area contributed by atoms with E-state index in [4.69, 9.17) is 9.47 Å². The molecule has 0 aliphatic heterocycles. The molecular weight excluding hydrogens is 287 g/mol. The maximum absolute atomic E-state index is 14.0. The van der Waals surface area contributed by atoms with Crippen molar-refractivity contribution < 1.29 is 27.0 Å². The molecule has 0 saturated heterocycles. The van der Waals surface area contributed by atoms with Gasteiger partial charge in [0.1, 0.15) is 17.4 Å². The van der Waals surface area contributed by atoms with Crippen LogP contribution in [0.5, 0.6) is 11.5 Å². The van der Waals surface area contributed by atoms with Crippen LogP contribution in [-0.2, 0) is 0 Å².